The molecule has 0 aliphatic heterocycles. The van der Waals surface area contributed by atoms with E-state index in [1.54, 1.807) is 5.57 Å². The second-order valence-corrected chi connectivity index (χ2v) is 9.02. The Morgan fingerprint density at radius 1 is 0.929 bits per heavy atom. The summed E-state index contributed by atoms with van der Waals surface area (Å²) in [5, 5.41) is 2.89. The van der Waals surface area contributed by atoms with Gasteiger partial charge >= 0.3 is 0 Å². The Bertz CT molecular complexity index is 1150. The fraction of sp³-hybridized carbons (Fsp3) is 0.286. The van der Waals surface area contributed by atoms with Gasteiger partial charge in [0.15, 0.2) is 0 Å². The first-order valence-electron chi connectivity index (χ1n) is 10.5. The zero-order valence-corrected chi connectivity index (χ0v) is 17.4. The number of hydrogen-bond donors (Lipinski definition) is 0. The van der Waals surface area contributed by atoms with E-state index in [2.05, 4.69) is 88.4 Å². The van der Waals surface area contributed by atoms with Gasteiger partial charge in [-0.15, -0.1) is 0 Å². The van der Waals surface area contributed by atoms with Gasteiger partial charge in [-0.05, 0) is 82.8 Å². The Morgan fingerprint density at radius 3 is 2.50 bits per heavy atom. The van der Waals surface area contributed by atoms with E-state index >= 15 is 0 Å². The van der Waals surface area contributed by atoms with Crippen molar-refractivity contribution in [3.8, 4) is 0 Å². The first kappa shape index (κ1) is 17.5. The SMILES string of the molecule is CC1=CCCC2=C1c1c(cc(Cc3ccccc3)c3cccc(C)c13)C2(C)C. The molecule has 0 spiro atoms. The number of fused-ring (bicyclic) bond motifs is 4. The molecule has 3 aromatic carbocycles. The lowest BCUT2D eigenvalue weighted by molar-refractivity contribution is 0.606. The van der Waals surface area contributed by atoms with Crippen molar-refractivity contribution in [2.45, 2.75) is 52.4 Å². The van der Waals surface area contributed by atoms with Gasteiger partial charge in [0.05, 0.1) is 0 Å². The summed E-state index contributed by atoms with van der Waals surface area (Å²) >= 11 is 0. The van der Waals surface area contributed by atoms with Crippen molar-refractivity contribution in [3.63, 3.8) is 0 Å². The van der Waals surface area contributed by atoms with Gasteiger partial charge in [-0.3, -0.25) is 0 Å². The number of benzene rings is 3. The summed E-state index contributed by atoms with van der Waals surface area (Å²) in [6.07, 6.45) is 5.79. The van der Waals surface area contributed by atoms with E-state index in [1.807, 2.05) is 0 Å². The van der Waals surface area contributed by atoms with E-state index in [1.165, 1.54) is 62.6 Å². The van der Waals surface area contributed by atoms with Crippen molar-refractivity contribution in [1.29, 1.82) is 0 Å². The predicted molar refractivity (Wildman–Crippen MR) is 121 cm³/mol. The fourth-order valence-electron chi connectivity index (χ4n) is 5.47. The highest BCUT2D eigenvalue weighted by Crippen LogP contribution is 2.55. The molecular formula is C28H28. The molecule has 0 saturated carbocycles. The number of aryl methyl sites for hydroxylation is 1. The molecular weight excluding hydrogens is 336 g/mol. The van der Waals surface area contributed by atoms with Gasteiger partial charge in [-0.2, -0.15) is 0 Å². The third-order valence-corrected chi connectivity index (χ3v) is 6.91. The van der Waals surface area contributed by atoms with Crippen LogP contribution in [-0.4, -0.2) is 0 Å². The van der Waals surface area contributed by atoms with Crippen LogP contribution in [0.2, 0.25) is 0 Å². The zero-order chi connectivity index (χ0) is 19.5. The van der Waals surface area contributed by atoms with Crippen LogP contribution in [0.1, 0.15) is 61.4 Å². The van der Waals surface area contributed by atoms with E-state index in [0.29, 0.717) is 0 Å². The fourth-order valence-corrected chi connectivity index (χ4v) is 5.47. The normalized spacial score (nSPS) is 17.5. The summed E-state index contributed by atoms with van der Waals surface area (Å²) in [6, 6.07) is 20.2. The molecule has 3 aromatic rings. The Hall–Kier alpha value is -2.60. The van der Waals surface area contributed by atoms with E-state index in [4.69, 9.17) is 0 Å². The molecule has 2 aliphatic rings. The molecule has 0 bridgehead atoms. The molecule has 5 rings (SSSR count). The number of allylic oxidation sites excluding steroid dienone is 4. The van der Waals surface area contributed by atoms with Crippen LogP contribution < -0.4 is 0 Å². The highest BCUT2D eigenvalue weighted by Gasteiger charge is 2.40. The van der Waals surface area contributed by atoms with Gasteiger partial charge in [0.2, 0.25) is 0 Å². The largest absolute Gasteiger partial charge is 0.0807 e. The number of rotatable bonds is 2. The first-order chi connectivity index (χ1) is 13.5. The lowest BCUT2D eigenvalue weighted by Crippen LogP contribution is -2.18. The molecule has 28 heavy (non-hydrogen) atoms. The lowest BCUT2D eigenvalue weighted by atomic mass is 9.77. The molecule has 0 aromatic heterocycles. The second-order valence-electron chi connectivity index (χ2n) is 9.02. The topological polar surface area (TPSA) is 0 Å². The molecule has 0 amide bonds. The van der Waals surface area contributed by atoms with Crippen LogP contribution in [0.5, 0.6) is 0 Å². The summed E-state index contributed by atoms with van der Waals surface area (Å²) < 4.78 is 0. The molecule has 0 nitrogen and oxygen atoms in total. The summed E-state index contributed by atoms with van der Waals surface area (Å²) in [6.45, 7) is 9.45. The van der Waals surface area contributed by atoms with Gasteiger partial charge in [-0.25, -0.2) is 0 Å². The van der Waals surface area contributed by atoms with Crippen LogP contribution >= 0.6 is 0 Å². The summed E-state index contributed by atoms with van der Waals surface area (Å²) in [7, 11) is 0. The van der Waals surface area contributed by atoms with Gasteiger partial charge in [0, 0.05) is 5.41 Å². The average molecular weight is 365 g/mol. The second kappa shape index (κ2) is 6.21. The molecule has 0 unspecified atom stereocenters. The smallest absolute Gasteiger partial charge is 0.0121 e. The molecule has 0 N–H and O–H groups in total. The molecule has 0 heteroatoms. The van der Waals surface area contributed by atoms with Crippen molar-refractivity contribution < 1.29 is 0 Å². The Morgan fingerprint density at radius 2 is 1.71 bits per heavy atom. The van der Waals surface area contributed by atoms with Crippen LogP contribution in [0.25, 0.3) is 16.3 Å². The van der Waals surface area contributed by atoms with Crippen LogP contribution in [0.4, 0.5) is 0 Å². The molecule has 0 radical (unpaired) electrons. The van der Waals surface area contributed by atoms with Crippen LogP contribution in [-0.2, 0) is 11.8 Å². The monoisotopic (exact) mass is 364 g/mol. The minimum atomic E-state index is 0.113. The summed E-state index contributed by atoms with van der Waals surface area (Å²) in [4.78, 5) is 0. The standard InChI is InChI=1S/C28H28/c1-18-10-8-14-22-21(16-20-12-6-5-7-13-20)17-24-27(25(18)22)26-19(2)11-9-15-23(26)28(24,3)4/h5-8,10-14,17H,9,15-16H2,1-4H3. The van der Waals surface area contributed by atoms with E-state index in [0.717, 1.165) is 6.42 Å². The quantitative estimate of drug-likeness (QED) is 0.441. The third-order valence-electron chi connectivity index (χ3n) is 6.91. The van der Waals surface area contributed by atoms with E-state index < -0.39 is 0 Å². The predicted octanol–water partition coefficient (Wildman–Crippen LogP) is 7.52. The van der Waals surface area contributed by atoms with E-state index in [9.17, 15) is 0 Å². The summed E-state index contributed by atoms with van der Waals surface area (Å²) in [5.74, 6) is 0. The zero-order valence-electron chi connectivity index (χ0n) is 17.4. The first-order valence-corrected chi connectivity index (χ1v) is 10.5. The Kier molecular flexibility index (Phi) is 3.88. The van der Waals surface area contributed by atoms with Gasteiger partial charge in [0.25, 0.3) is 0 Å². The van der Waals surface area contributed by atoms with Crippen LogP contribution in [0.15, 0.2) is 71.8 Å². The van der Waals surface area contributed by atoms with Crippen molar-refractivity contribution in [2.24, 2.45) is 0 Å². The van der Waals surface area contributed by atoms with Crippen LogP contribution in [0.3, 0.4) is 0 Å². The molecule has 0 atom stereocenters. The van der Waals surface area contributed by atoms with Crippen molar-refractivity contribution in [1.82, 2.24) is 0 Å². The van der Waals surface area contributed by atoms with Gasteiger partial charge in [-0.1, -0.05) is 80.1 Å². The summed E-state index contributed by atoms with van der Waals surface area (Å²) in [5.41, 5.74) is 12.0. The van der Waals surface area contributed by atoms with Crippen molar-refractivity contribution >= 4 is 16.3 Å². The van der Waals surface area contributed by atoms with Gasteiger partial charge in [0.1, 0.15) is 0 Å². The Labute approximate surface area is 168 Å². The van der Waals surface area contributed by atoms with Gasteiger partial charge < -0.3 is 0 Å². The maximum atomic E-state index is 2.52. The molecule has 0 heterocycles. The maximum Gasteiger partial charge on any atom is 0.0121 e. The van der Waals surface area contributed by atoms with Crippen LogP contribution in [0, 0.1) is 6.92 Å². The van der Waals surface area contributed by atoms with Crippen molar-refractivity contribution in [3.05, 3.63) is 99.6 Å². The number of hydrogen-bond acceptors (Lipinski definition) is 0. The minimum Gasteiger partial charge on any atom is -0.0807 e. The van der Waals surface area contributed by atoms with Crippen molar-refractivity contribution in [2.75, 3.05) is 0 Å². The highest BCUT2D eigenvalue weighted by molar-refractivity contribution is 6.06. The average Bonchev–Trinajstić information content (AvgIpc) is 2.91. The molecule has 2 aliphatic carbocycles. The van der Waals surface area contributed by atoms with E-state index in [-0.39, 0.29) is 5.41 Å². The molecule has 140 valence electrons. The maximum absolute atomic E-state index is 2.52. The minimum absolute atomic E-state index is 0.113. The highest BCUT2D eigenvalue weighted by atomic mass is 14.4. The Balaban J connectivity index is 1.84. The third kappa shape index (κ3) is 2.44. The molecule has 0 saturated heterocycles. The molecule has 0 fully saturated rings. The lowest BCUT2D eigenvalue weighted by Gasteiger charge is -2.27.